The number of rotatable bonds is 6. The van der Waals surface area contributed by atoms with Gasteiger partial charge in [-0.15, -0.1) is 0 Å². The predicted molar refractivity (Wildman–Crippen MR) is 122 cm³/mol. The molecular weight excluding hydrogens is 466 g/mol. The van der Waals surface area contributed by atoms with Gasteiger partial charge in [0.25, 0.3) is 10.1 Å². The smallest absolute Gasteiger partial charge is 0.332 e. The van der Waals surface area contributed by atoms with E-state index < -0.39 is 55.2 Å². The second-order valence-electron chi connectivity index (χ2n) is 8.19. The van der Waals surface area contributed by atoms with Gasteiger partial charge in [-0.3, -0.25) is 19.0 Å². The number of hydrogen-bond acceptors (Lipinski definition) is 7. The Bertz CT molecular complexity index is 1120. The summed E-state index contributed by atoms with van der Waals surface area (Å²) in [5.74, 6) is -5.65. The molecule has 186 valence electrons. The Balaban J connectivity index is 0.000000430. The highest BCUT2D eigenvalue weighted by Gasteiger charge is 2.49. The summed E-state index contributed by atoms with van der Waals surface area (Å²) in [5, 5.41) is 18.9. The summed E-state index contributed by atoms with van der Waals surface area (Å²) in [4.78, 5) is 38.0. The lowest BCUT2D eigenvalue weighted by Crippen LogP contribution is -2.43. The van der Waals surface area contributed by atoms with Crippen LogP contribution in [0.25, 0.3) is 0 Å². The van der Waals surface area contributed by atoms with E-state index in [4.69, 9.17) is 4.74 Å². The normalized spacial score (nSPS) is 22.8. The van der Waals surface area contributed by atoms with E-state index in [9.17, 15) is 37.6 Å². The van der Waals surface area contributed by atoms with Gasteiger partial charge in [-0.25, -0.2) is 4.79 Å². The summed E-state index contributed by atoms with van der Waals surface area (Å²) < 4.78 is 37.9. The monoisotopic (exact) mass is 495 g/mol. The second-order valence-corrected chi connectivity index (χ2v) is 9.58. The van der Waals surface area contributed by atoms with Crippen molar-refractivity contribution in [2.45, 2.75) is 25.7 Å². The third-order valence-electron chi connectivity index (χ3n) is 5.83. The zero-order valence-corrected chi connectivity index (χ0v) is 20.0. The number of carboxylic acid groups (broad SMARTS) is 2. The first-order chi connectivity index (χ1) is 15.8. The number of morpholine rings is 1. The number of likely N-dealkylation sites (N-methyl/N-ethyl adjacent to an activating group) is 1. The van der Waals surface area contributed by atoms with Gasteiger partial charge in [0.2, 0.25) is 0 Å². The predicted octanol–water partition coefficient (Wildman–Crippen LogP) is 2.05. The number of nitrogens with zero attached hydrogens (tertiary/aromatic N) is 1. The van der Waals surface area contributed by atoms with E-state index in [0.29, 0.717) is 5.56 Å². The first kappa shape index (κ1) is 27.4. The van der Waals surface area contributed by atoms with Crippen LogP contribution in [0.15, 0.2) is 46.9 Å². The van der Waals surface area contributed by atoms with Crippen LogP contribution in [0.3, 0.4) is 0 Å². The molecule has 0 aromatic heterocycles. The molecule has 2 aliphatic rings. The summed E-state index contributed by atoms with van der Waals surface area (Å²) in [6.45, 7) is 10.2. The molecule has 2 unspecified atom stereocenters. The van der Waals surface area contributed by atoms with E-state index in [1.54, 1.807) is 0 Å². The van der Waals surface area contributed by atoms with Crippen molar-refractivity contribution in [2.75, 3.05) is 32.8 Å². The number of allylic oxidation sites excluding steroid dienone is 2. The first-order valence-electron chi connectivity index (χ1n) is 10.6. The van der Waals surface area contributed by atoms with E-state index in [1.165, 1.54) is 38.6 Å². The highest BCUT2D eigenvalue weighted by atomic mass is 32.2. The quantitative estimate of drug-likeness (QED) is 0.394. The molecule has 2 atom stereocenters. The molecule has 3 rings (SSSR count). The maximum absolute atomic E-state index is 13.0. The van der Waals surface area contributed by atoms with Gasteiger partial charge < -0.3 is 14.9 Å². The number of carbonyl (C=O) groups is 3. The highest BCUT2D eigenvalue weighted by Crippen LogP contribution is 2.41. The Morgan fingerprint density at radius 2 is 1.79 bits per heavy atom. The minimum absolute atomic E-state index is 0.438. The second kappa shape index (κ2) is 11.0. The SMILES string of the molecule is CCN1CCOCC1.Cc1ccc(C(=O)C2C(C(=O)O)=CC=CC2(C)C(=O)O)c(S(=O)(=O)O)c1. The van der Waals surface area contributed by atoms with Crippen molar-refractivity contribution in [3.8, 4) is 0 Å². The minimum Gasteiger partial charge on any atom is -0.481 e. The van der Waals surface area contributed by atoms with Gasteiger partial charge in [-0.05, 0) is 38.1 Å². The summed E-state index contributed by atoms with van der Waals surface area (Å²) in [7, 11) is -4.79. The lowest BCUT2D eigenvalue weighted by atomic mass is 9.67. The molecule has 1 saturated heterocycles. The first-order valence-corrected chi connectivity index (χ1v) is 12.1. The Labute approximate surface area is 198 Å². The van der Waals surface area contributed by atoms with Crippen molar-refractivity contribution in [3.63, 3.8) is 0 Å². The number of Topliss-reactive ketones (excluding diaryl/α,β-unsaturated/α-hetero) is 1. The molecule has 1 heterocycles. The standard InChI is InChI=1S/C17H16O8S.C6H13NO/c1-9-5-6-10(12(8-9)26(23,24)25)14(18)13-11(15(19)20)4-3-7-17(13,2)16(21)22;1-2-7-3-5-8-6-4-7/h3-8,13H,1-2H3,(H,19,20)(H,21,22)(H,23,24,25);2-6H2,1H3. The Hall–Kier alpha value is -2.86. The van der Waals surface area contributed by atoms with Crippen LogP contribution in [0.2, 0.25) is 0 Å². The average Bonchev–Trinajstić information content (AvgIpc) is 2.78. The van der Waals surface area contributed by atoms with Crippen LogP contribution >= 0.6 is 0 Å². The topological polar surface area (TPSA) is 159 Å². The fraction of sp³-hybridized carbons (Fsp3) is 0.435. The molecule has 0 bridgehead atoms. The van der Waals surface area contributed by atoms with E-state index in [2.05, 4.69) is 11.8 Å². The number of aliphatic carboxylic acids is 2. The third kappa shape index (κ3) is 6.17. The number of benzene rings is 1. The largest absolute Gasteiger partial charge is 0.481 e. The maximum Gasteiger partial charge on any atom is 0.332 e. The minimum atomic E-state index is -4.79. The van der Waals surface area contributed by atoms with E-state index in [1.807, 2.05) is 0 Å². The van der Waals surface area contributed by atoms with Crippen LogP contribution in [0.4, 0.5) is 0 Å². The van der Waals surface area contributed by atoms with Crippen LogP contribution in [-0.2, 0) is 24.4 Å². The van der Waals surface area contributed by atoms with Gasteiger partial charge >= 0.3 is 11.9 Å². The van der Waals surface area contributed by atoms with Crippen LogP contribution in [0, 0.1) is 18.3 Å². The van der Waals surface area contributed by atoms with Crippen molar-refractivity contribution in [3.05, 3.63) is 53.1 Å². The maximum atomic E-state index is 13.0. The summed E-state index contributed by atoms with van der Waals surface area (Å²) in [6.07, 6.45) is 3.49. The molecular formula is C23H29NO9S. The molecule has 1 aromatic carbocycles. The van der Waals surface area contributed by atoms with Crippen molar-refractivity contribution in [2.24, 2.45) is 11.3 Å². The van der Waals surface area contributed by atoms with Crippen molar-refractivity contribution in [1.82, 2.24) is 4.90 Å². The van der Waals surface area contributed by atoms with Crippen molar-refractivity contribution < 1.29 is 42.3 Å². The van der Waals surface area contributed by atoms with E-state index in [-0.39, 0.29) is 0 Å². The lowest BCUT2D eigenvalue weighted by molar-refractivity contribution is -0.147. The molecule has 34 heavy (non-hydrogen) atoms. The Morgan fingerprint density at radius 1 is 1.18 bits per heavy atom. The Morgan fingerprint density at radius 3 is 2.26 bits per heavy atom. The molecule has 1 aliphatic carbocycles. The number of carbonyl (C=O) groups excluding carboxylic acids is 1. The van der Waals surface area contributed by atoms with Crippen molar-refractivity contribution in [1.29, 1.82) is 0 Å². The fourth-order valence-electron chi connectivity index (χ4n) is 3.79. The lowest BCUT2D eigenvalue weighted by Gasteiger charge is -2.33. The molecule has 3 N–H and O–H groups in total. The molecule has 0 amide bonds. The highest BCUT2D eigenvalue weighted by molar-refractivity contribution is 7.86. The summed E-state index contributed by atoms with van der Waals surface area (Å²) in [6, 6.07) is 3.59. The fourth-order valence-corrected chi connectivity index (χ4v) is 4.57. The molecule has 10 nitrogen and oxygen atoms in total. The molecule has 0 saturated carbocycles. The Kier molecular flexibility index (Phi) is 8.89. The van der Waals surface area contributed by atoms with Crippen LogP contribution < -0.4 is 0 Å². The number of hydrogen-bond donors (Lipinski definition) is 3. The number of carboxylic acids is 2. The van der Waals surface area contributed by atoms with Crippen LogP contribution in [-0.4, -0.2) is 78.7 Å². The number of aryl methyl sites for hydroxylation is 1. The van der Waals surface area contributed by atoms with Crippen LogP contribution in [0.5, 0.6) is 0 Å². The number of ether oxygens (including phenoxy) is 1. The van der Waals surface area contributed by atoms with Crippen LogP contribution in [0.1, 0.15) is 29.8 Å². The molecule has 1 aromatic rings. The van der Waals surface area contributed by atoms with E-state index >= 15 is 0 Å². The molecule has 1 aliphatic heterocycles. The number of ketones is 1. The third-order valence-corrected chi connectivity index (χ3v) is 6.72. The van der Waals surface area contributed by atoms with E-state index in [0.717, 1.165) is 44.5 Å². The molecule has 11 heteroatoms. The average molecular weight is 496 g/mol. The molecule has 0 spiro atoms. The summed E-state index contributed by atoms with van der Waals surface area (Å²) in [5.41, 5.74) is -2.42. The zero-order valence-electron chi connectivity index (χ0n) is 19.2. The van der Waals surface area contributed by atoms with Gasteiger partial charge in [0.15, 0.2) is 5.78 Å². The van der Waals surface area contributed by atoms with Gasteiger partial charge in [-0.2, -0.15) is 8.42 Å². The van der Waals surface area contributed by atoms with Gasteiger partial charge in [0, 0.05) is 24.2 Å². The molecule has 0 radical (unpaired) electrons. The molecule has 1 fully saturated rings. The summed E-state index contributed by atoms with van der Waals surface area (Å²) >= 11 is 0. The van der Waals surface area contributed by atoms with Gasteiger partial charge in [-0.1, -0.05) is 31.2 Å². The van der Waals surface area contributed by atoms with Gasteiger partial charge in [0.1, 0.15) is 4.90 Å². The zero-order chi connectivity index (χ0) is 25.7. The van der Waals surface area contributed by atoms with Gasteiger partial charge in [0.05, 0.1) is 24.5 Å². The van der Waals surface area contributed by atoms with Crippen molar-refractivity contribution >= 4 is 27.8 Å².